The first kappa shape index (κ1) is 57.3. The monoisotopic (exact) mass is 851 g/mol. The van der Waals surface area contributed by atoms with E-state index >= 15 is 0 Å². The number of rotatable bonds is 48. The Morgan fingerprint density at radius 2 is 0.700 bits per heavy atom. The van der Waals surface area contributed by atoms with Gasteiger partial charge in [0.25, 0.3) is 0 Å². The second kappa shape index (κ2) is 44.9. The third kappa shape index (κ3) is 37.8. The van der Waals surface area contributed by atoms with E-state index in [4.69, 9.17) is 18.9 Å². The molecular weight excluding hydrogens is 745 g/mol. The van der Waals surface area contributed by atoms with Gasteiger partial charge in [-0.1, -0.05) is 213 Å². The minimum atomic E-state index is -0.486. The molecule has 1 aliphatic heterocycles. The van der Waals surface area contributed by atoms with Gasteiger partial charge in [0.2, 0.25) is 0 Å². The van der Waals surface area contributed by atoms with Crippen LogP contribution in [0.2, 0.25) is 0 Å². The van der Waals surface area contributed by atoms with E-state index in [1.165, 1.54) is 193 Å². The maximum atomic E-state index is 13.2. The summed E-state index contributed by atoms with van der Waals surface area (Å²) in [6.07, 6.45) is 45.1. The van der Waals surface area contributed by atoms with Crippen LogP contribution in [0.15, 0.2) is 0 Å². The van der Waals surface area contributed by atoms with E-state index in [0.29, 0.717) is 32.8 Å². The Labute approximate surface area is 375 Å². The van der Waals surface area contributed by atoms with Crippen LogP contribution in [0.4, 0.5) is 0 Å². The largest absolute Gasteiger partial charge is 0.465 e. The third-order valence-corrected chi connectivity index (χ3v) is 12.9. The van der Waals surface area contributed by atoms with E-state index in [2.05, 4.69) is 37.6 Å². The second-order valence-corrected chi connectivity index (χ2v) is 19.2. The predicted octanol–water partition coefficient (Wildman–Crippen LogP) is 14.5. The molecule has 0 aromatic rings. The van der Waals surface area contributed by atoms with E-state index in [1.54, 1.807) is 0 Å². The van der Waals surface area contributed by atoms with Gasteiger partial charge < -0.3 is 28.7 Å². The number of hydrogen-bond donors (Lipinski definition) is 0. The molecule has 0 spiro atoms. The number of unbranched alkanes of at least 4 members (excludes halogenated alkanes) is 30. The summed E-state index contributed by atoms with van der Waals surface area (Å²) >= 11 is 0. The summed E-state index contributed by atoms with van der Waals surface area (Å²) in [5.41, 5.74) is -0.486. The van der Waals surface area contributed by atoms with Gasteiger partial charge in [-0.3, -0.25) is 4.79 Å². The van der Waals surface area contributed by atoms with Crippen molar-refractivity contribution in [3.63, 3.8) is 0 Å². The van der Waals surface area contributed by atoms with Crippen molar-refractivity contribution in [2.24, 2.45) is 5.41 Å². The number of hydrogen-bond acceptors (Lipinski definition) is 7. The lowest BCUT2D eigenvalue weighted by molar-refractivity contribution is -0.156. The van der Waals surface area contributed by atoms with Crippen molar-refractivity contribution in [1.29, 1.82) is 0 Å². The Morgan fingerprint density at radius 3 is 1.02 bits per heavy atom. The van der Waals surface area contributed by atoms with Gasteiger partial charge in [-0.05, 0) is 39.3 Å². The predicted molar refractivity (Wildman–Crippen MR) is 258 cm³/mol. The second-order valence-electron chi connectivity index (χ2n) is 19.2. The van der Waals surface area contributed by atoms with Crippen LogP contribution in [-0.2, 0) is 23.7 Å². The van der Waals surface area contributed by atoms with Crippen LogP contribution in [0.1, 0.15) is 245 Å². The Morgan fingerprint density at radius 1 is 0.400 bits per heavy atom. The normalized spacial score (nSPS) is 14.1. The first-order chi connectivity index (χ1) is 29.5. The molecule has 0 saturated carbocycles. The molecule has 358 valence electrons. The van der Waals surface area contributed by atoms with Gasteiger partial charge in [-0.2, -0.15) is 0 Å². The molecule has 60 heavy (non-hydrogen) atoms. The Kier molecular flexibility index (Phi) is 42.8. The number of carbonyl (C=O) groups is 1. The van der Waals surface area contributed by atoms with Gasteiger partial charge in [0.15, 0.2) is 0 Å². The quantitative estimate of drug-likeness (QED) is 0.0446. The van der Waals surface area contributed by atoms with Crippen LogP contribution in [0, 0.1) is 5.41 Å². The highest BCUT2D eigenvalue weighted by Gasteiger charge is 2.34. The lowest BCUT2D eigenvalue weighted by Gasteiger charge is -2.33. The van der Waals surface area contributed by atoms with Crippen LogP contribution < -0.4 is 0 Å². The maximum absolute atomic E-state index is 13.2. The molecule has 1 aliphatic rings. The molecule has 0 aromatic heterocycles. The number of ether oxygens (including phenoxy) is 4. The minimum Gasteiger partial charge on any atom is -0.465 e. The van der Waals surface area contributed by atoms with Gasteiger partial charge in [-0.25, -0.2) is 0 Å². The van der Waals surface area contributed by atoms with E-state index < -0.39 is 5.41 Å². The van der Waals surface area contributed by atoms with Crippen molar-refractivity contribution in [3.05, 3.63) is 0 Å². The van der Waals surface area contributed by atoms with Gasteiger partial charge in [0.05, 0.1) is 25.2 Å². The van der Waals surface area contributed by atoms with E-state index in [-0.39, 0.29) is 5.97 Å². The number of esters is 1. The van der Waals surface area contributed by atoms with Crippen molar-refractivity contribution in [2.75, 3.05) is 86.0 Å². The topological polar surface area (TPSA) is 60.5 Å². The fourth-order valence-electron chi connectivity index (χ4n) is 8.55. The molecule has 7 nitrogen and oxygen atoms in total. The zero-order valence-electron chi connectivity index (χ0n) is 41.2. The van der Waals surface area contributed by atoms with Crippen LogP contribution >= 0.6 is 0 Å². The molecule has 0 radical (unpaired) electrons. The summed E-state index contributed by atoms with van der Waals surface area (Å²) < 4.78 is 25.4. The standard InChI is InChI=1S/C53H106N2O5/c1-5-8-11-14-17-20-23-26-29-32-35-45-57-48-53(49-58-46-36-33-30-27-24-21-18-15-12-9-6-2,50-59-47-37-34-31-28-25-22-19-16-13-10-7-3)51-60-52(56)39-38-40-55-43-41-54(4)42-44-55/h5-51H2,1-4H3. The van der Waals surface area contributed by atoms with Crippen LogP contribution in [0.5, 0.6) is 0 Å². The molecule has 1 rings (SSSR count). The number of piperazine rings is 1. The molecule has 0 bridgehead atoms. The fourth-order valence-corrected chi connectivity index (χ4v) is 8.55. The van der Waals surface area contributed by atoms with Crippen molar-refractivity contribution in [2.45, 2.75) is 245 Å². The SMILES string of the molecule is CCCCCCCCCCCCCOCC(COCCCCCCCCCCCCC)(COCCCCCCCCCCCCC)COC(=O)CCCN1CCN(C)CC1. The van der Waals surface area contributed by atoms with Gasteiger partial charge in [0.1, 0.15) is 6.61 Å². The summed E-state index contributed by atoms with van der Waals surface area (Å²) in [6.45, 7) is 16.3. The van der Waals surface area contributed by atoms with E-state index in [1.807, 2.05) is 0 Å². The Hall–Kier alpha value is -0.730. The highest BCUT2D eigenvalue weighted by molar-refractivity contribution is 5.69. The van der Waals surface area contributed by atoms with Crippen LogP contribution in [-0.4, -0.2) is 102 Å². The summed E-state index contributed by atoms with van der Waals surface area (Å²) in [5.74, 6) is -0.102. The number of likely N-dealkylation sites (N-methyl/N-ethyl adjacent to an activating group) is 1. The van der Waals surface area contributed by atoms with Crippen molar-refractivity contribution in [1.82, 2.24) is 9.80 Å². The van der Waals surface area contributed by atoms with Gasteiger partial charge in [-0.15, -0.1) is 0 Å². The summed E-state index contributed by atoms with van der Waals surface area (Å²) in [6, 6.07) is 0. The summed E-state index contributed by atoms with van der Waals surface area (Å²) in [4.78, 5) is 18.0. The van der Waals surface area contributed by atoms with Gasteiger partial charge >= 0.3 is 5.97 Å². The maximum Gasteiger partial charge on any atom is 0.305 e. The molecule has 1 saturated heterocycles. The first-order valence-corrected chi connectivity index (χ1v) is 26.8. The van der Waals surface area contributed by atoms with E-state index in [0.717, 1.165) is 78.2 Å². The molecule has 0 aliphatic carbocycles. The number of nitrogens with zero attached hydrogens (tertiary/aromatic N) is 2. The molecular formula is C53H106N2O5. The number of carbonyl (C=O) groups excluding carboxylic acids is 1. The fraction of sp³-hybridized carbons (Fsp3) is 0.981. The molecule has 1 heterocycles. The van der Waals surface area contributed by atoms with Crippen molar-refractivity contribution in [3.8, 4) is 0 Å². The lowest BCUT2D eigenvalue weighted by atomic mass is 9.92. The smallest absolute Gasteiger partial charge is 0.305 e. The average molecular weight is 851 g/mol. The molecule has 0 atom stereocenters. The molecule has 1 fully saturated rings. The average Bonchev–Trinajstić information content (AvgIpc) is 3.25. The van der Waals surface area contributed by atoms with E-state index in [9.17, 15) is 4.79 Å². The first-order valence-electron chi connectivity index (χ1n) is 26.8. The Balaban J connectivity index is 2.64. The molecule has 0 unspecified atom stereocenters. The molecule has 0 amide bonds. The van der Waals surface area contributed by atoms with Gasteiger partial charge in [0, 0.05) is 52.4 Å². The van der Waals surface area contributed by atoms with Crippen molar-refractivity contribution < 1.29 is 23.7 Å². The molecule has 7 heteroatoms. The third-order valence-electron chi connectivity index (χ3n) is 12.9. The van der Waals surface area contributed by atoms with Crippen molar-refractivity contribution >= 4 is 5.97 Å². The lowest BCUT2D eigenvalue weighted by Crippen LogP contribution is -2.44. The summed E-state index contributed by atoms with van der Waals surface area (Å²) in [7, 11) is 2.19. The highest BCUT2D eigenvalue weighted by atomic mass is 16.5. The molecule has 0 aromatic carbocycles. The minimum absolute atomic E-state index is 0.102. The summed E-state index contributed by atoms with van der Waals surface area (Å²) in [5, 5.41) is 0. The highest BCUT2D eigenvalue weighted by Crippen LogP contribution is 2.23. The zero-order valence-corrected chi connectivity index (χ0v) is 41.2. The van der Waals surface area contributed by atoms with Crippen LogP contribution in [0.25, 0.3) is 0 Å². The molecule has 0 N–H and O–H groups in total. The Bertz CT molecular complexity index is 792. The zero-order chi connectivity index (χ0) is 43.3. The van der Waals surface area contributed by atoms with Crippen LogP contribution in [0.3, 0.4) is 0 Å².